The zero-order valence-corrected chi connectivity index (χ0v) is 7.89. The highest BCUT2D eigenvalue weighted by Gasteiger charge is 2.19. The summed E-state index contributed by atoms with van der Waals surface area (Å²) in [6.07, 6.45) is 6.16. The molecule has 1 unspecified atom stereocenters. The van der Waals surface area contributed by atoms with Crippen LogP contribution in [0.1, 0.15) is 39.5 Å². The van der Waals surface area contributed by atoms with E-state index < -0.39 is 0 Å². The van der Waals surface area contributed by atoms with Gasteiger partial charge in [-0.05, 0) is 33.1 Å². The van der Waals surface area contributed by atoms with Gasteiger partial charge in [0.1, 0.15) is 0 Å². The van der Waals surface area contributed by atoms with Crippen LogP contribution < -0.4 is 5.32 Å². The van der Waals surface area contributed by atoms with Crippen molar-refractivity contribution in [2.75, 3.05) is 0 Å². The van der Waals surface area contributed by atoms with E-state index in [-0.39, 0.29) is 5.91 Å². The summed E-state index contributed by atoms with van der Waals surface area (Å²) in [6.45, 7) is 4.21. The maximum atomic E-state index is 10.8. The molecule has 0 spiro atoms. The fourth-order valence-electron chi connectivity index (χ4n) is 1.47. The summed E-state index contributed by atoms with van der Waals surface area (Å²) >= 11 is 0. The predicted molar refractivity (Wildman–Crippen MR) is 49.8 cm³/mol. The Bertz CT molecular complexity index is 192. The summed E-state index contributed by atoms with van der Waals surface area (Å²) in [5.74, 6) is 0.220. The summed E-state index contributed by atoms with van der Waals surface area (Å²) in [5, 5.41) is 2.96. The molecule has 1 atom stereocenters. The number of rotatable bonds is 3. The Morgan fingerprint density at radius 3 is 2.92 bits per heavy atom. The maximum absolute atomic E-state index is 10.8. The molecule has 0 aromatic rings. The van der Waals surface area contributed by atoms with E-state index in [1.165, 1.54) is 5.57 Å². The Morgan fingerprint density at radius 2 is 2.42 bits per heavy atom. The molecule has 1 aliphatic rings. The molecule has 2 nitrogen and oxygen atoms in total. The Labute approximate surface area is 74.0 Å². The van der Waals surface area contributed by atoms with Crippen LogP contribution in [0.2, 0.25) is 0 Å². The van der Waals surface area contributed by atoms with Gasteiger partial charge in [-0.2, -0.15) is 0 Å². The standard InChI is InChI=1S/C10H17NO/c1-8(2)4-3-5-9-6-7-10(12)11-9/h4,9H,3,5-7H2,1-2H3,(H,11,12). The van der Waals surface area contributed by atoms with E-state index in [4.69, 9.17) is 0 Å². The summed E-state index contributed by atoms with van der Waals surface area (Å²) in [5.41, 5.74) is 1.36. The molecule has 0 saturated carbocycles. The van der Waals surface area contributed by atoms with Crippen LogP contribution in [-0.4, -0.2) is 11.9 Å². The van der Waals surface area contributed by atoms with Gasteiger partial charge in [-0.25, -0.2) is 0 Å². The Morgan fingerprint density at radius 1 is 1.67 bits per heavy atom. The fourth-order valence-corrected chi connectivity index (χ4v) is 1.47. The topological polar surface area (TPSA) is 29.1 Å². The van der Waals surface area contributed by atoms with E-state index >= 15 is 0 Å². The van der Waals surface area contributed by atoms with Crippen LogP contribution in [0.4, 0.5) is 0 Å². The van der Waals surface area contributed by atoms with Gasteiger partial charge in [0, 0.05) is 12.5 Å². The van der Waals surface area contributed by atoms with Gasteiger partial charge < -0.3 is 5.32 Å². The van der Waals surface area contributed by atoms with E-state index in [0.29, 0.717) is 6.04 Å². The number of carbonyl (C=O) groups excluding carboxylic acids is 1. The van der Waals surface area contributed by atoms with Crippen LogP contribution in [0, 0.1) is 0 Å². The minimum absolute atomic E-state index is 0.220. The lowest BCUT2D eigenvalue weighted by molar-refractivity contribution is -0.119. The lowest BCUT2D eigenvalue weighted by Gasteiger charge is -2.06. The van der Waals surface area contributed by atoms with Crippen LogP contribution >= 0.6 is 0 Å². The monoisotopic (exact) mass is 167 g/mol. The van der Waals surface area contributed by atoms with Crippen molar-refractivity contribution in [1.29, 1.82) is 0 Å². The van der Waals surface area contributed by atoms with Crippen LogP contribution in [0.5, 0.6) is 0 Å². The third kappa shape index (κ3) is 3.07. The van der Waals surface area contributed by atoms with Gasteiger partial charge in [0.2, 0.25) is 5.91 Å². The van der Waals surface area contributed by atoms with Crippen molar-refractivity contribution in [3.63, 3.8) is 0 Å². The van der Waals surface area contributed by atoms with Gasteiger partial charge >= 0.3 is 0 Å². The van der Waals surface area contributed by atoms with Crippen molar-refractivity contribution >= 4 is 5.91 Å². The minimum Gasteiger partial charge on any atom is -0.353 e. The first-order valence-electron chi connectivity index (χ1n) is 4.61. The smallest absolute Gasteiger partial charge is 0.220 e. The van der Waals surface area contributed by atoms with Crippen LogP contribution in [0.15, 0.2) is 11.6 Å². The molecule has 1 fully saturated rings. The van der Waals surface area contributed by atoms with Crippen molar-refractivity contribution in [3.05, 3.63) is 11.6 Å². The SMILES string of the molecule is CC(C)=CCCC1CCC(=O)N1. The van der Waals surface area contributed by atoms with Crippen molar-refractivity contribution in [2.45, 2.75) is 45.6 Å². The second-order valence-electron chi connectivity index (χ2n) is 3.66. The molecule has 0 aromatic carbocycles. The second-order valence-corrected chi connectivity index (χ2v) is 3.66. The summed E-state index contributed by atoms with van der Waals surface area (Å²) in [4.78, 5) is 10.8. The zero-order chi connectivity index (χ0) is 8.97. The summed E-state index contributed by atoms with van der Waals surface area (Å²) in [7, 11) is 0. The molecule has 1 aliphatic heterocycles. The van der Waals surface area contributed by atoms with E-state index in [9.17, 15) is 4.79 Å². The third-order valence-electron chi connectivity index (χ3n) is 2.15. The van der Waals surface area contributed by atoms with Gasteiger partial charge in [-0.1, -0.05) is 11.6 Å². The van der Waals surface area contributed by atoms with Crippen molar-refractivity contribution < 1.29 is 4.79 Å². The maximum Gasteiger partial charge on any atom is 0.220 e. The van der Waals surface area contributed by atoms with Crippen molar-refractivity contribution in [3.8, 4) is 0 Å². The lowest BCUT2D eigenvalue weighted by atomic mass is 10.1. The molecule has 68 valence electrons. The van der Waals surface area contributed by atoms with Crippen molar-refractivity contribution in [2.24, 2.45) is 0 Å². The third-order valence-corrected chi connectivity index (χ3v) is 2.15. The number of hydrogen-bond donors (Lipinski definition) is 1. The number of carbonyl (C=O) groups is 1. The molecule has 0 bridgehead atoms. The first-order valence-corrected chi connectivity index (χ1v) is 4.61. The Hall–Kier alpha value is -0.790. The number of allylic oxidation sites excluding steroid dienone is 2. The molecular weight excluding hydrogens is 150 g/mol. The van der Waals surface area contributed by atoms with Gasteiger partial charge in [0.05, 0.1) is 0 Å². The molecule has 0 aliphatic carbocycles. The first kappa shape index (κ1) is 9.30. The average Bonchev–Trinajstić information content (AvgIpc) is 2.35. The molecular formula is C10H17NO. The summed E-state index contributed by atoms with van der Waals surface area (Å²) < 4.78 is 0. The Balaban J connectivity index is 2.16. The zero-order valence-electron chi connectivity index (χ0n) is 7.89. The molecule has 0 aromatic heterocycles. The van der Waals surface area contributed by atoms with Gasteiger partial charge in [-0.15, -0.1) is 0 Å². The normalized spacial score (nSPS) is 22.2. The van der Waals surface area contributed by atoms with Crippen LogP contribution in [0.25, 0.3) is 0 Å². The Kier molecular flexibility index (Phi) is 3.32. The van der Waals surface area contributed by atoms with E-state index in [0.717, 1.165) is 25.7 Å². The highest BCUT2D eigenvalue weighted by Crippen LogP contribution is 2.12. The number of nitrogens with one attached hydrogen (secondary N) is 1. The fraction of sp³-hybridized carbons (Fsp3) is 0.700. The van der Waals surface area contributed by atoms with Crippen LogP contribution in [-0.2, 0) is 4.79 Å². The highest BCUT2D eigenvalue weighted by atomic mass is 16.1. The molecule has 1 amide bonds. The molecule has 0 radical (unpaired) electrons. The molecule has 12 heavy (non-hydrogen) atoms. The van der Waals surface area contributed by atoms with Gasteiger partial charge in [-0.3, -0.25) is 4.79 Å². The number of amides is 1. The van der Waals surface area contributed by atoms with E-state index in [1.807, 2.05) is 0 Å². The highest BCUT2D eigenvalue weighted by molar-refractivity contribution is 5.78. The average molecular weight is 167 g/mol. The van der Waals surface area contributed by atoms with Crippen molar-refractivity contribution in [1.82, 2.24) is 5.32 Å². The molecule has 2 heteroatoms. The lowest BCUT2D eigenvalue weighted by Crippen LogP contribution is -2.24. The van der Waals surface area contributed by atoms with Crippen LogP contribution in [0.3, 0.4) is 0 Å². The molecule has 1 saturated heterocycles. The quantitative estimate of drug-likeness (QED) is 0.640. The summed E-state index contributed by atoms with van der Waals surface area (Å²) in [6, 6.07) is 0.438. The molecule has 1 N–H and O–H groups in total. The van der Waals surface area contributed by atoms with E-state index in [1.54, 1.807) is 0 Å². The molecule has 1 rings (SSSR count). The molecule has 1 heterocycles. The van der Waals surface area contributed by atoms with Gasteiger partial charge in [0.25, 0.3) is 0 Å². The second kappa shape index (κ2) is 4.29. The largest absolute Gasteiger partial charge is 0.353 e. The van der Waals surface area contributed by atoms with Gasteiger partial charge in [0.15, 0.2) is 0 Å². The first-order chi connectivity index (χ1) is 5.68. The van der Waals surface area contributed by atoms with E-state index in [2.05, 4.69) is 25.2 Å². The predicted octanol–water partition coefficient (Wildman–Crippen LogP) is 2.01. The number of hydrogen-bond acceptors (Lipinski definition) is 1. The minimum atomic E-state index is 0.220.